The molecule has 0 aromatic heterocycles. The van der Waals surface area contributed by atoms with Gasteiger partial charge >= 0.3 is 12.0 Å². The van der Waals surface area contributed by atoms with E-state index < -0.39 is 18.0 Å². The number of nitrogens with one attached hydrogen (secondary N) is 1. The summed E-state index contributed by atoms with van der Waals surface area (Å²) in [5.41, 5.74) is 0.974. The molecule has 6 heteroatoms. The van der Waals surface area contributed by atoms with Crippen molar-refractivity contribution in [1.29, 1.82) is 0 Å². The van der Waals surface area contributed by atoms with Gasteiger partial charge in [-0.2, -0.15) is 0 Å². The van der Waals surface area contributed by atoms with Crippen molar-refractivity contribution in [1.82, 2.24) is 10.2 Å². The average molecular weight is 343 g/mol. The Morgan fingerprint density at radius 3 is 2.30 bits per heavy atom. The third-order valence-corrected chi connectivity index (χ3v) is 3.42. The number of carboxylic acid groups (broad SMARTS) is 1. The summed E-state index contributed by atoms with van der Waals surface area (Å²) in [7, 11) is 1.64. The van der Waals surface area contributed by atoms with Crippen LogP contribution in [0, 0.1) is 5.92 Å². The van der Waals surface area contributed by atoms with Gasteiger partial charge in [-0.05, 0) is 23.6 Å². The van der Waals surface area contributed by atoms with E-state index in [0.717, 1.165) is 10.0 Å². The van der Waals surface area contributed by atoms with E-state index in [2.05, 4.69) is 21.2 Å². The van der Waals surface area contributed by atoms with E-state index in [1.807, 2.05) is 24.3 Å². The smallest absolute Gasteiger partial charge is 0.326 e. The Morgan fingerprint density at radius 1 is 1.30 bits per heavy atom. The fourth-order valence-electron chi connectivity index (χ4n) is 1.69. The maximum absolute atomic E-state index is 12.0. The first kappa shape index (κ1) is 16.5. The molecule has 20 heavy (non-hydrogen) atoms. The molecule has 0 heterocycles. The molecule has 0 spiro atoms. The zero-order valence-electron chi connectivity index (χ0n) is 11.8. The number of carbonyl (C=O) groups excluding carboxylic acids is 1. The standard InChI is InChI=1S/C14H19BrN2O3/c1-9(2)12(13(18)19)16-14(20)17(3)8-10-4-6-11(15)7-5-10/h4-7,9,12H,8H2,1-3H3,(H,16,20)(H,18,19). The molecule has 0 aliphatic rings. The lowest BCUT2D eigenvalue weighted by Crippen LogP contribution is -2.48. The molecule has 0 aliphatic carbocycles. The number of aliphatic carboxylic acids is 1. The van der Waals surface area contributed by atoms with Crippen LogP contribution in [0.2, 0.25) is 0 Å². The second kappa shape index (κ2) is 7.28. The lowest BCUT2D eigenvalue weighted by molar-refractivity contribution is -0.140. The summed E-state index contributed by atoms with van der Waals surface area (Å²) in [6.07, 6.45) is 0. The summed E-state index contributed by atoms with van der Waals surface area (Å²) in [6, 6.07) is 6.34. The van der Waals surface area contributed by atoms with Crippen LogP contribution < -0.4 is 5.32 Å². The van der Waals surface area contributed by atoms with Gasteiger partial charge in [0.1, 0.15) is 6.04 Å². The summed E-state index contributed by atoms with van der Waals surface area (Å²) >= 11 is 3.35. The van der Waals surface area contributed by atoms with Gasteiger partial charge in [0.15, 0.2) is 0 Å². The van der Waals surface area contributed by atoms with Crippen LogP contribution in [0.4, 0.5) is 4.79 Å². The van der Waals surface area contributed by atoms with Crippen LogP contribution in [0.5, 0.6) is 0 Å². The summed E-state index contributed by atoms with van der Waals surface area (Å²) in [4.78, 5) is 24.5. The number of nitrogens with zero attached hydrogens (tertiary/aromatic N) is 1. The molecule has 0 bridgehead atoms. The first-order valence-corrected chi connectivity index (χ1v) is 7.09. The predicted octanol–water partition coefficient (Wildman–Crippen LogP) is 2.70. The lowest BCUT2D eigenvalue weighted by Gasteiger charge is -2.23. The largest absolute Gasteiger partial charge is 0.480 e. The molecule has 0 radical (unpaired) electrons. The third-order valence-electron chi connectivity index (χ3n) is 2.89. The van der Waals surface area contributed by atoms with Crippen LogP contribution in [-0.2, 0) is 11.3 Å². The van der Waals surface area contributed by atoms with Crippen LogP contribution >= 0.6 is 15.9 Å². The maximum atomic E-state index is 12.0. The summed E-state index contributed by atoms with van der Waals surface area (Å²) in [6.45, 7) is 3.94. The molecule has 1 rings (SSSR count). The zero-order chi connectivity index (χ0) is 15.3. The highest BCUT2D eigenvalue weighted by Crippen LogP contribution is 2.12. The molecule has 0 aliphatic heterocycles. The second-order valence-corrected chi connectivity index (χ2v) is 5.91. The second-order valence-electron chi connectivity index (χ2n) is 4.99. The molecule has 2 amide bonds. The van der Waals surface area contributed by atoms with Crippen molar-refractivity contribution in [2.24, 2.45) is 5.92 Å². The molecule has 1 aromatic carbocycles. The van der Waals surface area contributed by atoms with Crippen LogP contribution in [-0.4, -0.2) is 35.1 Å². The molecule has 110 valence electrons. The molecule has 2 N–H and O–H groups in total. The van der Waals surface area contributed by atoms with Crippen molar-refractivity contribution in [2.75, 3.05) is 7.05 Å². The number of hydrogen-bond acceptors (Lipinski definition) is 2. The van der Waals surface area contributed by atoms with Crippen molar-refractivity contribution < 1.29 is 14.7 Å². The van der Waals surface area contributed by atoms with Crippen molar-refractivity contribution in [3.8, 4) is 0 Å². The van der Waals surface area contributed by atoms with E-state index in [1.165, 1.54) is 4.90 Å². The maximum Gasteiger partial charge on any atom is 0.326 e. The fraction of sp³-hybridized carbons (Fsp3) is 0.429. The Hall–Kier alpha value is -1.56. The Balaban J connectivity index is 2.62. The lowest BCUT2D eigenvalue weighted by atomic mass is 10.1. The van der Waals surface area contributed by atoms with Gasteiger partial charge in [0.25, 0.3) is 0 Å². The molecule has 1 unspecified atom stereocenters. The Kier molecular flexibility index (Phi) is 6.01. The summed E-state index contributed by atoms with van der Waals surface area (Å²) in [5.74, 6) is -1.19. The molecule has 1 atom stereocenters. The average Bonchev–Trinajstić information content (AvgIpc) is 2.37. The normalized spacial score (nSPS) is 12.1. The molecule has 0 fully saturated rings. The first-order valence-electron chi connectivity index (χ1n) is 6.30. The number of carbonyl (C=O) groups is 2. The minimum Gasteiger partial charge on any atom is -0.480 e. The third kappa shape index (κ3) is 4.85. The molecular formula is C14H19BrN2O3. The van der Waals surface area contributed by atoms with E-state index >= 15 is 0 Å². The van der Waals surface area contributed by atoms with E-state index in [9.17, 15) is 9.59 Å². The molecule has 0 saturated carbocycles. The minimum atomic E-state index is -1.02. The number of urea groups is 1. The van der Waals surface area contributed by atoms with Crippen LogP contribution in [0.25, 0.3) is 0 Å². The van der Waals surface area contributed by atoms with Gasteiger partial charge in [0.05, 0.1) is 0 Å². The van der Waals surface area contributed by atoms with Gasteiger partial charge in [-0.3, -0.25) is 0 Å². The Labute approximate surface area is 127 Å². The topological polar surface area (TPSA) is 69.6 Å². The van der Waals surface area contributed by atoms with E-state index in [0.29, 0.717) is 6.54 Å². The predicted molar refractivity (Wildman–Crippen MR) is 80.4 cm³/mol. The minimum absolute atomic E-state index is 0.169. The Morgan fingerprint density at radius 2 is 1.85 bits per heavy atom. The number of carboxylic acids is 1. The highest BCUT2D eigenvalue weighted by molar-refractivity contribution is 9.10. The summed E-state index contributed by atoms with van der Waals surface area (Å²) < 4.78 is 0.971. The van der Waals surface area contributed by atoms with Gasteiger partial charge in [-0.1, -0.05) is 41.9 Å². The fourth-order valence-corrected chi connectivity index (χ4v) is 1.96. The highest BCUT2D eigenvalue weighted by Gasteiger charge is 2.24. The molecule has 0 saturated heterocycles. The van der Waals surface area contributed by atoms with Gasteiger partial charge in [-0.15, -0.1) is 0 Å². The number of halogens is 1. The van der Waals surface area contributed by atoms with Gasteiger partial charge in [0, 0.05) is 18.1 Å². The van der Waals surface area contributed by atoms with Crippen LogP contribution in [0.1, 0.15) is 19.4 Å². The van der Waals surface area contributed by atoms with Crippen molar-refractivity contribution >= 4 is 27.9 Å². The van der Waals surface area contributed by atoms with Crippen molar-refractivity contribution in [3.63, 3.8) is 0 Å². The molecule has 1 aromatic rings. The quantitative estimate of drug-likeness (QED) is 0.864. The monoisotopic (exact) mass is 342 g/mol. The summed E-state index contributed by atoms with van der Waals surface area (Å²) in [5, 5.41) is 11.6. The van der Waals surface area contributed by atoms with Crippen molar-refractivity contribution in [2.45, 2.75) is 26.4 Å². The van der Waals surface area contributed by atoms with E-state index in [1.54, 1.807) is 20.9 Å². The number of hydrogen-bond donors (Lipinski definition) is 2. The van der Waals surface area contributed by atoms with Crippen LogP contribution in [0.3, 0.4) is 0 Å². The van der Waals surface area contributed by atoms with Gasteiger partial charge in [0.2, 0.25) is 0 Å². The molecular weight excluding hydrogens is 324 g/mol. The zero-order valence-corrected chi connectivity index (χ0v) is 13.3. The number of amides is 2. The Bertz CT molecular complexity index is 474. The van der Waals surface area contributed by atoms with Gasteiger partial charge < -0.3 is 15.3 Å². The number of benzene rings is 1. The molecule has 5 nitrogen and oxygen atoms in total. The SMILES string of the molecule is CC(C)C(NC(=O)N(C)Cc1ccc(Br)cc1)C(=O)O. The van der Waals surface area contributed by atoms with Crippen molar-refractivity contribution in [3.05, 3.63) is 34.3 Å². The van der Waals surface area contributed by atoms with E-state index in [4.69, 9.17) is 5.11 Å². The van der Waals surface area contributed by atoms with E-state index in [-0.39, 0.29) is 5.92 Å². The number of rotatable bonds is 5. The van der Waals surface area contributed by atoms with Crippen LogP contribution in [0.15, 0.2) is 28.7 Å². The van der Waals surface area contributed by atoms with Gasteiger partial charge in [-0.25, -0.2) is 9.59 Å². The highest BCUT2D eigenvalue weighted by atomic mass is 79.9. The first-order chi connectivity index (χ1) is 9.31.